The maximum absolute atomic E-state index is 10.9. The Labute approximate surface area is 183 Å². The summed E-state index contributed by atoms with van der Waals surface area (Å²) in [4.78, 5) is 19.6. The second-order valence-corrected chi connectivity index (χ2v) is 8.38. The van der Waals surface area contributed by atoms with Crippen LogP contribution >= 0.6 is 23.6 Å². The summed E-state index contributed by atoms with van der Waals surface area (Å²) in [5.74, 6) is 0. The van der Waals surface area contributed by atoms with Gasteiger partial charge in [0.2, 0.25) is 0 Å². The monoisotopic (exact) mass is 439 g/mol. The first-order valence-corrected chi connectivity index (χ1v) is 10.9. The second kappa shape index (κ2) is 9.29. The van der Waals surface area contributed by atoms with Gasteiger partial charge in [-0.05, 0) is 23.8 Å². The number of hydrogen-bond acceptors (Lipinski definition) is 6. The van der Waals surface area contributed by atoms with Crippen molar-refractivity contribution >= 4 is 55.8 Å². The Hall–Kier alpha value is -2.88. The van der Waals surface area contributed by atoms with Crippen LogP contribution in [0, 0.1) is 10.1 Å². The van der Waals surface area contributed by atoms with Gasteiger partial charge in [0.1, 0.15) is 0 Å². The van der Waals surface area contributed by atoms with Crippen LogP contribution in [-0.2, 0) is 0 Å². The van der Waals surface area contributed by atoms with Crippen molar-refractivity contribution in [2.24, 2.45) is 0 Å². The van der Waals surface area contributed by atoms with Gasteiger partial charge in [0, 0.05) is 44.9 Å². The number of thiazole rings is 1. The SMILES string of the molecule is O=[N+]([O-])c1ccc2nc(NC(=S)N3CCN(C/C=C/c4ccccc4)CC3)sc2c1. The van der Waals surface area contributed by atoms with Gasteiger partial charge in [-0.3, -0.25) is 15.0 Å². The van der Waals surface area contributed by atoms with Gasteiger partial charge in [-0.1, -0.05) is 53.8 Å². The van der Waals surface area contributed by atoms with Crippen LogP contribution in [0.2, 0.25) is 0 Å². The summed E-state index contributed by atoms with van der Waals surface area (Å²) in [7, 11) is 0. The van der Waals surface area contributed by atoms with Crippen LogP contribution < -0.4 is 5.32 Å². The molecule has 0 bridgehead atoms. The van der Waals surface area contributed by atoms with E-state index in [0.29, 0.717) is 10.2 Å². The van der Waals surface area contributed by atoms with Gasteiger partial charge in [-0.25, -0.2) is 4.98 Å². The number of nitrogens with one attached hydrogen (secondary N) is 1. The fraction of sp³-hybridized carbons (Fsp3) is 0.238. The van der Waals surface area contributed by atoms with Crippen LogP contribution in [0.5, 0.6) is 0 Å². The molecule has 2 heterocycles. The number of nitro benzene ring substituents is 1. The molecule has 9 heteroatoms. The zero-order valence-corrected chi connectivity index (χ0v) is 17.9. The van der Waals surface area contributed by atoms with E-state index in [1.54, 1.807) is 12.1 Å². The van der Waals surface area contributed by atoms with Crippen molar-refractivity contribution in [2.75, 3.05) is 38.0 Å². The lowest BCUT2D eigenvalue weighted by molar-refractivity contribution is -0.384. The molecule has 4 rings (SSSR count). The Bertz CT molecular complexity index is 1080. The lowest BCUT2D eigenvalue weighted by Crippen LogP contribution is -2.49. The molecule has 0 saturated carbocycles. The topological polar surface area (TPSA) is 74.5 Å². The van der Waals surface area contributed by atoms with E-state index in [2.05, 4.69) is 44.4 Å². The lowest BCUT2D eigenvalue weighted by Gasteiger charge is -2.35. The molecule has 0 unspecified atom stereocenters. The zero-order chi connectivity index (χ0) is 20.9. The molecule has 1 aliphatic heterocycles. The summed E-state index contributed by atoms with van der Waals surface area (Å²) in [5, 5.41) is 15.4. The minimum atomic E-state index is -0.397. The first-order chi connectivity index (χ1) is 14.6. The molecule has 1 fully saturated rings. The molecule has 154 valence electrons. The third-order valence-electron chi connectivity index (χ3n) is 4.93. The smallest absolute Gasteiger partial charge is 0.270 e. The van der Waals surface area contributed by atoms with Crippen molar-refractivity contribution < 1.29 is 4.92 Å². The standard InChI is InChI=1S/C21H21N5O2S2/c27-26(28)17-8-9-18-19(15-17)30-20(22-18)23-21(29)25-13-11-24(12-14-25)10-4-7-16-5-2-1-3-6-16/h1-9,15H,10-14H2,(H,22,23,29)/b7-4+. The quantitative estimate of drug-likeness (QED) is 0.362. The summed E-state index contributed by atoms with van der Waals surface area (Å²) in [5.41, 5.74) is 2.01. The number of fused-ring (bicyclic) bond motifs is 1. The number of nitro groups is 1. The maximum Gasteiger partial charge on any atom is 0.270 e. The Kier molecular flexibility index (Phi) is 6.32. The minimum Gasteiger partial charge on any atom is -0.346 e. The number of nitrogens with zero attached hydrogens (tertiary/aromatic N) is 4. The number of rotatable bonds is 5. The van der Waals surface area contributed by atoms with E-state index in [4.69, 9.17) is 12.2 Å². The van der Waals surface area contributed by atoms with Crippen LogP contribution in [0.3, 0.4) is 0 Å². The van der Waals surface area contributed by atoms with Crippen LogP contribution in [0.4, 0.5) is 10.8 Å². The molecule has 30 heavy (non-hydrogen) atoms. The Balaban J connectivity index is 1.28. The van der Waals surface area contributed by atoms with Crippen molar-refractivity contribution in [2.45, 2.75) is 0 Å². The van der Waals surface area contributed by atoms with Crippen molar-refractivity contribution in [3.05, 3.63) is 70.3 Å². The van der Waals surface area contributed by atoms with Crippen LogP contribution in [0.1, 0.15) is 5.56 Å². The highest BCUT2D eigenvalue weighted by molar-refractivity contribution is 7.80. The van der Waals surface area contributed by atoms with E-state index >= 15 is 0 Å². The van der Waals surface area contributed by atoms with Crippen molar-refractivity contribution in [1.82, 2.24) is 14.8 Å². The number of anilines is 1. The van der Waals surface area contributed by atoms with Crippen LogP contribution in [-0.4, -0.2) is 57.5 Å². The lowest BCUT2D eigenvalue weighted by atomic mass is 10.2. The van der Waals surface area contributed by atoms with Crippen molar-refractivity contribution in [1.29, 1.82) is 0 Å². The number of non-ortho nitro benzene ring substituents is 1. The van der Waals surface area contributed by atoms with Crippen LogP contribution in [0.25, 0.3) is 16.3 Å². The summed E-state index contributed by atoms with van der Waals surface area (Å²) < 4.78 is 0.768. The average Bonchev–Trinajstić information content (AvgIpc) is 3.16. The molecule has 1 N–H and O–H groups in total. The average molecular weight is 440 g/mol. The highest BCUT2D eigenvalue weighted by Gasteiger charge is 2.19. The van der Waals surface area contributed by atoms with Gasteiger partial charge in [-0.15, -0.1) is 0 Å². The molecule has 7 nitrogen and oxygen atoms in total. The van der Waals surface area contributed by atoms with Gasteiger partial charge in [0.05, 0.1) is 15.1 Å². The molecular weight excluding hydrogens is 418 g/mol. The Morgan fingerprint density at radius 1 is 1.20 bits per heavy atom. The second-order valence-electron chi connectivity index (χ2n) is 6.96. The number of aromatic nitrogens is 1. The first-order valence-electron chi connectivity index (χ1n) is 9.63. The molecule has 1 aromatic heterocycles. The fourth-order valence-corrected chi connectivity index (χ4v) is 4.53. The molecule has 0 spiro atoms. The molecule has 0 atom stereocenters. The summed E-state index contributed by atoms with van der Waals surface area (Å²) >= 11 is 6.93. The largest absolute Gasteiger partial charge is 0.346 e. The number of hydrogen-bond donors (Lipinski definition) is 1. The van der Waals surface area contributed by atoms with E-state index in [-0.39, 0.29) is 5.69 Å². The van der Waals surface area contributed by atoms with E-state index in [1.807, 2.05) is 18.2 Å². The van der Waals surface area contributed by atoms with Gasteiger partial charge in [-0.2, -0.15) is 0 Å². The first kappa shape index (κ1) is 20.4. The predicted molar refractivity (Wildman–Crippen MR) is 126 cm³/mol. The van der Waals surface area contributed by atoms with Gasteiger partial charge in [0.25, 0.3) is 5.69 Å². The summed E-state index contributed by atoms with van der Waals surface area (Å²) in [6.07, 6.45) is 4.35. The fourth-order valence-electron chi connectivity index (χ4n) is 3.29. The van der Waals surface area contributed by atoms with E-state index in [9.17, 15) is 10.1 Å². The Morgan fingerprint density at radius 2 is 1.97 bits per heavy atom. The number of thiocarbonyl (C=S) groups is 1. The molecule has 2 aromatic carbocycles. The predicted octanol–water partition coefficient (Wildman–Crippen LogP) is 4.23. The molecule has 1 saturated heterocycles. The third kappa shape index (κ3) is 4.99. The highest BCUT2D eigenvalue weighted by Crippen LogP contribution is 2.29. The molecule has 0 radical (unpaired) electrons. The number of benzene rings is 2. The van der Waals surface area contributed by atoms with Crippen molar-refractivity contribution in [3.63, 3.8) is 0 Å². The molecular formula is C21H21N5O2S2. The number of piperazine rings is 1. The highest BCUT2D eigenvalue weighted by atomic mass is 32.1. The van der Waals surface area contributed by atoms with Gasteiger partial charge < -0.3 is 10.2 Å². The van der Waals surface area contributed by atoms with E-state index < -0.39 is 4.92 Å². The molecule has 0 amide bonds. The van der Waals surface area contributed by atoms with Gasteiger partial charge >= 0.3 is 0 Å². The van der Waals surface area contributed by atoms with E-state index in [0.717, 1.165) is 42.9 Å². The summed E-state index contributed by atoms with van der Waals surface area (Å²) in [6.45, 7) is 4.49. The van der Waals surface area contributed by atoms with Crippen molar-refractivity contribution in [3.8, 4) is 0 Å². The molecule has 0 aliphatic carbocycles. The van der Waals surface area contributed by atoms with Crippen LogP contribution in [0.15, 0.2) is 54.6 Å². The molecule has 1 aliphatic rings. The van der Waals surface area contributed by atoms with E-state index in [1.165, 1.54) is 23.0 Å². The summed E-state index contributed by atoms with van der Waals surface area (Å²) in [6, 6.07) is 15.0. The maximum atomic E-state index is 10.9. The normalized spacial score (nSPS) is 15.0. The zero-order valence-electron chi connectivity index (χ0n) is 16.2. The Morgan fingerprint density at radius 3 is 2.70 bits per heavy atom. The minimum absolute atomic E-state index is 0.0673. The molecule has 3 aromatic rings. The van der Waals surface area contributed by atoms with Gasteiger partial charge in [0.15, 0.2) is 10.2 Å². The third-order valence-corrected chi connectivity index (χ3v) is 6.22.